The smallest absolute Gasteiger partial charge is 0.293 e. The normalized spacial score (nSPS) is 15.8. The van der Waals surface area contributed by atoms with Gasteiger partial charge in [0.15, 0.2) is 18.2 Å². The van der Waals surface area contributed by atoms with Crippen LogP contribution in [0.4, 0.5) is 15.8 Å². The zero-order valence-electron chi connectivity index (χ0n) is 17.0. The van der Waals surface area contributed by atoms with Crippen molar-refractivity contribution in [2.75, 3.05) is 24.6 Å². The molecule has 0 unspecified atom stereocenters. The SMILES string of the molecule is C[C@H]1CCCN(c2ccc(C(=O)NNC(=O)COc3ccccc3F)cc2[N+](=O)[O-])C1. The van der Waals surface area contributed by atoms with Crippen LogP contribution in [0.15, 0.2) is 42.5 Å². The van der Waals surface area contributed by atoms with Crippen LogP contribution in [0.25, 0.3) is 0 Å². The molecular formula is C21H23FN4O5. The van der Waals surface area contributed by atoms with Crippen molar-refractivity contribution >= 4 is 23.2 Å². The molecule has 1 aliphatic rings. The average molecular weight is 430 g/mol. The van der Waals surface area contributed by atoms with Gasteiger partial charge in [-0.05, 0) is 43.0 Å². The van der Waals surface area contributed by atoms with E-state index in [0.717, 1.165) is 19.4 Å². The highest BCUT2D eigenvalue weighted by Crippen LogP contribution is 2.32. The predicted molar refractivity (Wildman–Crippen MR) is 111 cm³/mol. The topological polar surface area (TPSA) is 114 Å². The van der Waals surface area contributed by atoms with Crippen LogP contribution in [-0.4, -0.2) is 36.4 Å². The number of rotatable bonds is 6. The minimum Gasteiger partial charge on any atom is -0.481 e. The summed E-state index contributed by atoms with van der Waals surface area (Å²) >= 11 is 0. The third-order valence-corrected chi connectivity index (χ3v) is 4.94. The fourth-order valence-electron chi connectivity index (χ4n) is 3.43. The molecular weight excluding hydrogens is 407 g/mol. The Hall–Kier alpha value is -3.69. The Morgan fingerprint density at radius 3 is 2.74 bits per heavy atom. The quantitative estimate of drug-likeness (QED) is 0.538. The third kappa shape index (κ3) is 5.68. The van der Waals surface area contributed by atoms with E-state index in [1.165, 1.54) is 30.3 Å². The van der Waals surface area contributed by atoms with Gasteiger partial charge in [0, 0.05) is 24.7 Å². The Morgan fingerprint density at radius 1 is 1.26 bits per heavy atom. The Labute approximate surface area is 178 Å². The van der Waals surface area contributed by atoms with Gasteiger partial charge in [0.05, 0.1) is 4.92 Å². The number of nitrogens with one attached hydrogen (secondary N) is 2. The van der Waals surface area contributed by atoms with Gasteiger partial charge in [-0.1, -0.05) is 19.1 Å². The standard InChI is InChI=1S/C21H23FN4O5/c1-14-5-4-10-25(12-14)17-9-8-15(11-18(17)26(29)30)21(28)24-23-20(27)13-31-19-7-3-2-6-16(19)22/h2-3,6-9,11,14H,4-5,10,12-13H2,1H3,(H,23,27)(H,24,28)/t14-/m0/s1. The maximum absolute atomic E-state index is 13.5. The van der Waals surface area contributed by atoms with Crippen LogP contribution in [0.2, 0.25) is 0 Å². The van der Waals surface area contributed by atoms with Gasteiger partial charge >= 0.3 is 0 Å². The number of para-hydroxylation sites is 1. The Morgan fingerprint density at radius 2 is 2.03 bits per heavy atom. The molecule has 1 saturated heterocycles. The lowest BCUT2D eigenvalue weighted by Gasteiger charge is -2.32. The molecule has 31 heavy (non-hydrogen) atoms. The molecule has 3 rings (SSSR count). The van der Waals surface area contributed by atoms with E-state index in [2.05, 4.69) is 17.8 Å². The van der Waals surface area contributed by atoms with Crippen LogP contribution < -0.4 is 20.5 Å². The minimum absolute atomic E-state index is 0.0239. The van der Waals surface area contributed by atoms with Crippen molar-refractivity contribution in [2.45, 2.75) is 19.8 Å². The number of hydrogen-bond acceptors (Lipinski definition) is 6. The number of halogens is 1. The number of piperidine rings is 1. The molecule has 0 aliphatic carbocycles. The van der Waals surface area contributed by atoms with E-state index in [9.17, 15) is 24.1 Å². The Kier molecular flexibility index (Phi) is 7.01. The first-order valence-electron chi connectivity index (χ1n) is 9.85. The second-order valence-electron chi connectivity index (χ2n) is 7.38. The number of nitrogens with zero attached hydrogens (tertiary/aromatic N) is 2. The lowest BCUT2D eigenvalue weighted by Crippen LogP contribution is -2.43. The maximum Gasteiger partial charge on any atom is 0.293 e. The number of ether oxygens (including phenoxy) is 1. The summed E-state index contributed by atoms with van der Waals surface area (Å²) in [5, 5.41) is 11.6. The van der Waals surface area contributed by atoms with Gasteiger partial charge in [0.25, 0.3) is 17.5 Å². The van der Waals surface area contributed by atoms with Crippen molar-refractivity contribution in [3.05, 3.63) is 64.0 Å². The van der Waals surface area contributed by atoms with Crippen molar-refractivity contribution in [1.82, 2.24) is 10.9 Å². The second kappa shape index (κ2) is 9.88. The van der Waals surface area contributed by atoms with Crippen LogP contribution in [-0.2, 0) is 4.79 Å². The largest absolute Gasteiger partial charge is 0.481 e. The predicted octanol–water partition coefficient (Wildman–Crippen LogP) is 2.81. The zero-order chi connectivity index (χ0) is 22.4. The summed E-state index contributed by atoms with van der Waals surface area (Å²) in [4.78, 5) is 37.2. The summed E-state index contributed by atoms with van der Waals surface area (Å²) < 4.78 is 18.5. The molecule has 2 N–H and O–H groups in total. The highest BCUT2D eigenvalue weighted by Gasteiger charge is 2.25. The number of benzene rings is 2. The molecule has 0 radical (unpaired) electrons. The first-order valence-corrected chi connectivity index (χ1v) is 9.85. The molecule has 0 aromatic heterocycles. The first-order chi connectivity index (χ1) is 14.8. The van der Waals surface area contributed by atoms with Gasteiger partial charge in [0.2, 0.25) is 0 Å². The average Bonchev–Trinajstić information content (AvgIpc) is 2.76. The number of hydrogen-bond donors (Lipinski definition) is 2. The fourth-order valence-corrected chi connectivity index (χ4v) is 3.43. The highest BCUT2D eigenvalue weighted by molar-refractivity contribution is 5.96. The van der Waals surface area contributed by atoms with Crippen LogP contribution >= 0.6 is 0 Å². The van der Waals surface area contributed by atoms with E-state index >= 15 is 0 Å². The molecule has 2 amide bonds. The monoisotopic (exact) mass is 430 g/mol. The molecule has 1 atom stereocenters. The van der Waals surface area contributed by atoms with E-state index in [1.54, 1.807) is 12.1 Å². The summed E-state index contributed by atoms with van der Waals surface area (Å²) in [6, 6.07) is 9.80. The van der Waals surface area contributed by atoms with E-state index in [1.807, 2.05) is 4.90 Å². The molecule has 2 aromatic rings. The van der Waals surface area contributed by atoms with Crippen molar-refractivity contribution in [3.63, 3.8) is 0 Å². The summed E-state index contributed by atoms with van der Waals surface area (Å²) in [6.45, 7) is 3.01. The molecule has 9 nitrogen and oxygen atoms in total. The number of anilines is 1. The molecule has 0 spiro atoms. The summed E-state index contributed by atoms with van der Waals surface area (Å²) in [6.07, 6.45) is 2.02. The minimum atomic E-state index is -0.721. The number of amides is 2. The van der Waals surface area contributed by atoms with Crippen LogP contribution in [0.3, 0.4) is 0 Å². The van der Waals surface area contributed by atoms with Crippen molar-refractivity contribution in [3.8, 4) is 5.75 Å². The van der Waals surface area contributed by atoms with E-state index in [4.69, 9.17) is 4.74 Å². The summed E-state index contributed by atoms with van der Waals surface area (Å²) in [7, 11) is 0. The lowest BCUT2D eigenvalue weighted by molar-refractivity contribution is -0.384. The van der Waals surface area contributed by atoms with Crippen LogP contribution in [0.1, 0.15) is 30.1 Å². The van der Waals surface area contributed by atoms with Gasteiger partial charge < -0.3 is 9.64 Å². The van der Waals surface area contributed by atoms with Gasteiger partial charge in [-0.25, -0.2) is 4.39 Å². The molecule has 0 saturated carbocycles. The third-order valence-electron chi connectivity index (χ3n) is 4.94. The van der Waals surface area contributed by atoms with E-state index in [0.29, 0.717) is 18.2 Å². The molecule has 1 aliphatic heterocycles. The lowest BCUT2D eigenvalue weighted by atomic mass is 9.99. The summed E-state index contributed by atoms with van der Waals surface area (Å²) in [5.41, 5.74) is 4.63. The second-order valence-corrected chi connectivity index (χ2v) is 7.38. The van der Waals surface area contributed by atoms with Crippen molar-refractivity contribution in [1.29, 1.82) is 0 Å². The van der Waals surface area contributed by atoms with Gasteiger partial charge in [-0.2, -0.15) is 0 Å². The molecule has 10 heteroatoms. The maximum atomic E-state index is 13.5. The van der Waals surface area contributed by atoms with Gasteiger partial charge in [-0.15, -0.1) is 0 Å². The number of carbonyl (C=O) groups is 2. The Bertz CT molecular complexity index is 984. The highest BCUT2D eigenvalue weighted by atomic mass is 19.1. The fraction of sp³-hybridized carbons (Fsp3) is 0.333. The number of nitro groups is 1. The van der Waals surface area contributed by atoms with E-state index in [-0.39, 0.29) is 17.0 Å². The van der Waals surface area contributed by atoms with Gasteiger partial charge in [0.1, 0.15) is 5.69 Å². The summed E-state index contributed by atoms with van der Waals surface area (Å²) in [5.74, 6) is -1.72. The Balaban J connectivity index is 1.60. The number of hydrazine groups is 1. The molecule has 2 aromatic carbocycles. The van der Waals surface area contributed by atoms with Crippen LogP contribution in [0.5, 0.6) is 5.75 Å². The molecule has 0 bridgehead atoms. The molecule has 1 heterocycles. The van der Waals surface area contributed by atoms with Crippen LogP contribution in [0, 0.1) is 21.8 Å². The van der Waals surface area contributed by atoms with Crippen molar-refractivity contribution in [2.24, 2.45) is 5.92 Å². The van der Waals surface area contributed by atoms with Gasteiger partial charge in [-0.3, -0.25) is 30.6 Å². The molecule has 1 fully saturated rings. The first kappa shape index (κ1) is 22.0. The molecule has 164 valence electrons. The zero-order valence-corrected chi connectivity index (χ0v) is 17.0. The van der Waals surface area contributed by atoms with Crippen molar-refractivity contribution < 1.29 is 23.6 Å². The van der Waals surface area contributed by atoms with E-state index < -0.39 is 29.2 Å². The number of carbonyl (C=O) groups excluding carboxylic acids is 2. The number of nitro benzene ring substituents is 1.